The average molecular weight is 410 g/mol. The fourth-order valence-electron chi connectivity index (χ4n) is 3.00. The Morgan fingerprint density at radius 1 is 1.29 bits per heavy atom. The van der Waals surface area contributed by atoms with Crippen LogP contribution in [0.3, 0.4) is 0 Å². The van der Waals surface area contributed by atoms with E-state index in [0.717, 1.165) is 51.1 Å². The van der Waals surface area contributed by atoms with Gasteiger partial charge in [-0.25, -0.2) is 0 Å². The topological polar surface area (TPSA) is 54.0 Å². The molecule has 28 heavy (non-hydrogen) atoms. The summed E-state index contributed by atoms with van der Waals surface area (Å²) in [4.78, 5) is 16.8. The van der Waals surface area contributed by atoms with Crippen molar-refractivity contribution in [3.8, 4) is 11.5 Å². The number of likely N-dealkylation sites (N-methyl/N-ethyl adjacent to an activating group) is 1. The fourth-order valence-corrected chi connectivity index (χ4v) is 3.27. The van der Waals surface area contributed by atoms with Crippen molar-refractivity contribution in [2.24, 2.45) is 0 Å². The number of hydrogen-bond donors (Lipinski definition) is 1. The molecule has 1 aliphatic rings. The summed E-state index contributed by atoms with van der Waals surface area (Å²) in [5.41, 5.74) is 0.790. The number of amides is 1. The lowest BCUT2D eigenvalue weighted by atomic mass is 10.2. The maximum Gasteiger partial charge on any atom is 0.243 e. The Labute approximate surface area is 173 Å². The van der Waals surface area contributed by atoms with Crippen molar-refractivity contribution < 1.29 is 14.3 Å². The minimum absolute atomic E-state index is 0.111. The summed E-state index contributed by atoms with van der Waals surface area (Å²) in [5, 5.41) is 3.40. The molecule has 0 aliphatic carbocycles. The molecule has 1 aromatic carbocycles. The first kappa shape index (κ1) is 22.5. The van der Waals surface area contributed by atoms with E-state index in [1.807, 2.05) is 13.0 Å². The fraction of sp³-hybridized carbons (Fsp3) is 0.571. The van der Waals surface area contributed by atoms with E-state index < -0.39 is 0 Å². The molecule has 1 aliphatic heterocycles. The summed E-state index contributed by atoms with van der Waals surface area (Å²) < 4.78 is 11.0. The second-order valence-electron chi connectivity index (χ2n) is 7.01. The number of benzene rings is 1. The highest BCUT2D eigenvalue weighted by molar-refractivity contribution is 6.32. The Kier molecular flexibility index (Phi) is 9.61. The third kappa shape index (κ3) is 7.34. The summed E-state index contributed by atoms with van der Waals surface area (Å²) in [7, 11) is 3.73. The van der Waals surface area contributed by atoms with Crippen LogP contribution in [0, 0.1) is 0 Å². The summed E-state index contributed by atoms with van der Waals surface area (Å²) in [6.07, 6.45) is 5.09. The van der Waals surface area contributed by atoms with Gasteiger partial charge in [-0.05, 0) is 50.2 Å². The number of nitrogens with zero attached hydrogens (tertiary/aromatic N) is 2. The minimum Gasteiger partial charge on any atom is -0.493 e. The maximum absolute atomic E-state index is 12.1. The zero-order valence-electron chi connectivity index (χ0n) is 17.2. The van der Waals surface area contributed by atoms with E-state index in [1.54, 1.807) is 19.3 Å². The van der Waals surface area contributed by atoms with Gasteiger partial charge in [-0.15, -0.1) is 0 Å². The minimum atomic E-state index is -0.111. The number of rotatable bonds is 10. The predicted octanol–water partition coefficient (Wildman–Crippen LogP) is 2.90. The molecule has 1 fully saturated rings. The van der Waals surface area contributed by atoms with Gasteiger partial charge in [0.15, 0.2) is 11.5 Å². The highest BCUT2D eigenvalue weighted by Crippen LogP contribution is 2.36. The molecule has 0 spiro atoms. The molecule has 1 aromatic rings. The molecular weight excluding hydrogens is 378 g/mol. The van der Waals surface area contributed by atoms with E-state index in [4.69, 9.17) is 21.1 Å². The van der Waals surface area contributed by atoms with Crippen molar-refractivity contribution in [2.45, 2.75) is 19.8 Å². The molecule has 1 N–H and O–H groups in total. The SMILES string of the molecule is CCCOc1c(Cl)cc(/C=C/C(=O)NCCCN2CCN(C)CC2)cc1OC. The van der Waals surface area contributed by atoms with Gasteiger partial charge in [0.05, 0.1) is 18.7 Å². The van der Waals surface area contributed by atoms with Gasteiger partial charge in [0.1, 0.15) is 0 Å². The van der Waals surface area contributed by atoms with E-state index in [1.165, 1.54) is 6.08 Å². The zero-order chi connectivity index (χ0) is 20.4. The van der Waals surface area contributed by atoms with Gasteiger partial charge >= 0.3 is 0 Å². The van der Waals surface area contributed by atoms with Crippen LogP contribution in [0.15, 0.2) is 18.2 Å². The molecule has 0 aromatic heterocycles. The van der Waals surface area contributed by atoms with Crippen LogP contribution in [-0.4, -0.2) is 75.7 Å². The molecule has 1 saturated heterocycles. The number of carbonyl (C=O) groups is 1. The van der Waals surface area contributed by atoms with Crippen molar-refractivity contribution in [3.63, 3.8) is 0 Å². The van der Waals surface area contributed by atoms with Gasteiger partial charge in [-0.2, -0.15) is 0 Å². The molecule has 156 valence electrons. The molecule has 0 atom stereocenters. The van der Waals surface area contributed by atoms with Gasteiger partial charge in [-0.3, -0.25) is 4.79 Å². The smallest absolute Gasteiger partial charge is 0.243 e. The number of piperazine rings is 1. The Hall–Kier alpha value is -1.76. The van der Waals surface area contributed by atoms with Crippen LogP contribution >= 0.6 is 11.6 Å². The van der Waals surface area contributed by atoms with Crippen molar-refractivity contribution in [1.82, 2.24) is 15.1 Å². The second-order valence-corrected chi connectivity index (χ2v) is 7.41. The molecule has 0 saturated carbocycles. The van der Waals surface area contributed by atoms with Gasteiger partial charge in [0.2, 0.25) is 5.91 Å². The van der Waals surface area contributed by atoms with Crippen LogP contribution in [0.1, 0.15) is 25.3 Å². The average Bonchev–Trinajstić information content (AvgIpc) is 2.69. The molecule has 0 unspecified atom stereocenters. The summed E-state index contributed by atoms with van der Waals surface area (Å²) in [5.74, 6) is 0.990. The standard InChI is InChI=1S/C21H32ClN3O3/c1-4-14-28-21-18(22)15-17(16-19(21)27-3)6-7-20(26)23-8-5-9-25-12-10-24(2)11-13-25/h6-7,15-16H,4-5,8-14H2,1-3H3,(H,23,26)/b7-6+. The van der Waals surface area contributed by atoms with E-state index in [2.05, 4.69) is 22.2 Å². The normalized spacial score (nSPS) is 15.7. The number of halogens is 1. The number of ether oxygens (including phenoxy) is 2. The zero-order valence-corrected chi connectivity index (χ0v) is 17.9. The second kappa shape index (κ2) is 11.9. The summed E-state index contributed by atoms with van der Waals surface area (Å²) >= 11 is 6.30. The number of carbonyl (C=O) groups excluding carboxylic acids is 1. The van der Waals surface area contributed by atoms with E-state index in [0.29, 0.717) is 29.7 Å². The first-order valence-electron chi connectivity index (χ1n) is 9.90. The van der Waals surface area contributed by atoms with Crippen LogP contribution < -0.4 is 14.8 Å². The Morgan fingerprint density at radius 3 is 2.71 bits per heavy atom. The predicted molar refractivity (Wildman–Crippen MR) is 114 cm³/mol. The monoisotopic (exact) mass is 409 g/mol. The molecule has 0 bridgehead atoms. The van der Waals surface area contributed by atoms with E-state index >= 15 is 0 Å². The van der Waals surface area contributed by atoms with Gasteiger partial charge in [-0.1, -0.05) is 18.5 Å². The maximum atomic E-state index is 12.1. The number of hydrogen-bond acceptors (Lipinski definition) is 5. The molecule has 1 amide bonds. The third-order valence-corrected chi connectivity index (χ3v) is 4.96. The number of methoxy groups -OCH3 is 1. The first-order valence-corrected chi connectivity index (χ1v) is 10.3. The van der Waals surface area contributed by atoms with Crippen LogP contribution in [0.2, 0.25) is 5.02 Å². The van der Waals surface area contributed by atoms with Gasteiger partial charge in [0.25, 0.3) is 0 Å². The summed E-state index contributed by atoms with van der Waals surface area (Å²) in [6.45, 7) is 8.72. The lowest BCUT2D eigenvalue weighted by molar-refractivity contribution is -0.116. The lowest BCUT2D eigenvalue weighted by Gasteiger charge is -2.32. The highest BCUT2D eigenvalue weighted by Gasteiger charge is 2.13. The first-order chi connectivity index (χ1) is 13.5. The van der Waals surface area contributed by atoms with Gasteiger partial charge < -0.3 is 24.6 Å². The van der Waals surface area contributed by atoms with Crippen LogP contribution in [0.25, 0.3) is 6.08 Å². The molecule has 0 radical (unpaired) electrons. The van der Waals surface area contributed by atoms with Crippen molar-refractivity contribution in [3.05, 3.63) is 28.8 Å². The lowest BCUT2D eigenvalue weighted by Crippen LogP contribution is -2.45. The van der Waals surface area contributed by atoms with Crippen molar-refractivity contribution in [1.29, 1.82) is 0 Å². The molecule has 6 nitrogen and oxygen atoms in total. The highest BCUT2D eigenvalue weighted by atomic mass is 35.5. The Morgan fingerprint density at radius 2 is 2.04 bits per heavy atom. The Balaban J connectivity index is 1.79. The van der Waals surface area contributed by atoms with Crippen LogP contribution in [0.5, 0.6) is 11.5 Å². The van der Waals surface area contributed by atoms with E-state index in [9.17, 15) is 4.79 Å². The van der Waals surface area contributed by atoms with Crippen LogP contribution in [-0.2, 0) is 4.79 Å². The largest absolute Gasteiger partial charge is 0.493 e. The third-order valence-electron chi connectivity index (χ3n) is 4.68. The molecule has 2 rings (SSSR count). The molecule has 1 heterocycles. The molecule has 7 heteroatoms. The van der Waals surface area contributed by atoms with E-state index in [-0.39, 0.29) is 5.91 Å². The van der Waals surface area contributed by atoms with Crippen LogP contribution in [0.4, 0.5) is 0 Å². The van der Waals surface area contributed by atoms with Gasteiger partial charge in [0, 0.05) is 38.8 Å². The van der Waals surface area contributed by atoms with Crippen molar-refractivity contribution >= 4 is 23.6 Å². The molecular formula is C21H32ClN3O3. The number of nitrogens with one attached hydrogen (secondary N) is 1. The Bertz CT molecular complexity index is 659. The van der Waals surface area contributed by atoms with Crippen molar-refractivity contribution in [2.75, 3.05) is 60.0 Å². The quantitative estimate of drug-likeness (QED) is 0.475. The summed E-state index contributed by atoms with van der Waals surface area (Å²) in [6, 6.07) is 3.58.